The number of carbonyl (C=O) groups excluding carboxylic acids is 1. The van der Waals surface area contributed by atoms with Gasteiger partial charge in [0, 0.05) is 12.6 Å². The van der Waals surface area contributed by atoms with Crippen LogP contribution in [0, 0.1) is 5.82 Å². The number of aromatic nitrogens is 2. The van der Waals surface area contributed by atoms with Crippen LogP contribution < -0.4 is 15.6 Å². The molecule has 1 amide bonds. The zero-order chi connectivity index (χ0) is 19.4. The smallest absolute Gasteiger partial charge is 0.275 e. The maximum atomic E-state index is 12.9. The molecule has 1 heterocycles. The number of nitrogens with one attached hydrogen (secondary N) is 1. The van der Waals surface area contributed by atoms with Crippen LogP contribution in [-0.4, -0.2) is 27.9 Å². The molecule has 2 N–H and O–H groups in total. The summed E-state index contributed by atoms with van der Waals surface area (Å²) in [5, 5.41) is 16.5. The Labute approximate surface area is 153 Å². The summed E-state index contributed by atoms with van der Waals surface area (Å²) in [5.41, 5.74) is 0.0644. The number of nitrogens with zero attached hydrogens (tertiary/aromatic N) is 2. The maximum Gasteiger partial charge on any atom is 0.275 e. The van der Waals surface area contributed by atoms with Crippen LogP contribution in [0.3, 0.4) is 0 Å². The molecule has 2 aromatic carbocycles. The van der Waals surface area contributed by atoms with Crippen molar-refractivity contribution in [3.05, 3.63) is 82.0 Å². The van der Waals surface area contributed by atoms with Gasteiger partial charge < -0.3 is 15.2 Å². The first-order valence-corrected chi connectivity index (χ1v) is 7.99. The van der Waals surface area contributed by atoms with Crippen molar-refractivity contribution in [3.8, 4) is 17.2 Å². The lowest BCUT2D eigenvalue weighted by Crippen LogP contribution is -2.29. The lowest BCUT2D eigenvalue weighted by molar-refractivity contribution is 0.0941. The normalized spacial score (nSPS) is 10.4. The zero-order valence-electron chi connectivity index (χ0n) is 14.3. The summed E-state index contributed by atoms with van der Waals surface area (Å²) >= 11 is 0. The molecule has 138 valence electrons. The summed E-state index contributed by atoms with van der Waals surface area (Å²) in [6.07, 6.45) is 0. The minimum absolute atomic E-state index is 0.105. The standard InChI is InChI=1S/C19H16FN3O4/c1-27-16-5-3-2-4-14(16)23-17(25)10-15(24)18(22-23)19(26)21-11-12-6-8-13(20)9-7-12/h2-10,24H,11H2,1H3,(H,21,26). The minimum Gasteiger partial charge on any atom is -0.505 e. The quantitative estimate of drug-likeness (QED) is 0.718. The van der Waals surface area contributed by atoms with E-state index in [4.69, 9.17) is 4.74 Å². The van der Waals surface area contributed by atoms with Crippen molar-refractivity contribution in [2.24, 2.45) is 0 Å². The van der Waals surface area contributed by atoms with Crippen molar-refractivity contribution in [2.75, 3.05) is 7.11 Å². The van der Waals surface area contributed by atoms with Crippen LogP contribution in [-0.2, 0) is 6.54 Å². The Morgan fingerprint density at radius 3 is 2.63 bits per heavy atom. The molecule has 0 spiro atoms. The molecule has 1 aromatic heterocycles. The number of rotatable bonds is 5. The predicted molar refractivity (Wildman–Crippen MR) is 95.6 cm³/mol. The molecule has 0 bridgehead atoms. The number of ether oxygens (including phenoxy) is 1. The Morgan fingerprint density at radius 2 is 1.93 bits per heavy atom. The number of aromatic hydroxyl groups is 1. The highest BCUT2D eigenvalue weighted by molar-refractivity contribution is 5.94. The summed E-state index contributed by atoms with van der Waals surface area (Å²) in [6.45, 7) is 0.105. The van der Waals surface area contributed by atoms with Crippen molar-refractivity contribution >= 4 is 5.91 Å². The van der Waals surface area contributed by atoms with E-state index in [1.165, 1.54) is 31.4 Å². The molecule has 3 rings (SSSR count). The highest BCUT2D eigenvalue weighted by Gasteiger charge is 2.18. The van der Waals surface area contributed by atoms with Crippen molar-refractivity contribution in [1.82, 2.24) is 15.1 Å². The van der Waals surface area contributed by atoms with E-state index in [-0.39, 0.29) is 18.1 Å². The van der Waals surface area contributed by atoms with Crippen molar-refractivity contribution in [3.63, 3.8) is 0 Å². The van der Waals surface area contributed by atoms with Crippen molar-refractivity contribution in [1.29, 1.82) is 0 Å². The van der Waals surface area contributed by atoms with Crippen LogP contribution in [0.15, 0.2) is 59.4 Å². The fraction of sp³-hybridized carbons (Fsp3) is 0.105. The van der Waals surface area contributed by atoms with E-state index in [0.717, 1.165) is 10.7 Å². The van der Waals surface area contributed by atoms with Gasteiger partial charge >= 0.3 is 0 Å². The highest BCUT2D eigenvalue weighted by atomic mass is 19.1. The number of halogens is 1. The van der Waals surface area contributed by atoms with E-state index in [0.29, 0.717) is 17.0 Å². The average Bonchev–Trinajstić information content (AvgIpc) is 2.67. The fourth-order valence-electron chi connectivity index (χ4n) is 2.45. The molecule has 8 heteroatoms. The van der Waals surface area contributed by atoms with Gasteiger partial charge in [0.2, 0.25) is 0 Å². The number of amides is 1. The van der Waals surface area contributed by atoms with Crippen molar-refractivity contribution in [2.45, 2.75) is 6.54 Å². The van der Waals surface area contributed by atoms with E-state index in [9.17, 15) is 19.1 Å². The molecule has 0 fully saturated rings. The van der Waals surface area contributed by atoms with Gasteiger partial charge in [-0.05, 0) is 29.8 Å². The molecule has 0 aliphatic rings. The van der Waals surface area contributed by atoms with Crippen LogP contribution in [0.5, 0.6) is 11.5 Å². The zero-order valence-corrected chi connectivity index (χ0v) is 14.3. The third-order valence-electron chi connectivity index (χ3n) is 3.81. The van der Waals surface area contributed by atoms with E-state index >= 15 is 0 Å². The van der Waals surface area contributed by atoms with Crippen LogP contribution in [0.1, 0.15) is 16.1 Å². The van der Waals surface area contributed by atoms with Gasteiger partial charge in [-0.15, -0.1) is 0 Å². The Balaban J connectivity index is 1.90. The third kappa shape index (κ3) is 3.95. The fourth-order valence-corrected chi connectivity index (χ4v) is 2.45. The monoisotopic (exact) mass is 369 g/mol. The predicted octanol–water partition coefficient (Wildman–Crippen LogP) is 2.02. The summed E-state index contributed by atoms with van der Waals surface area (Å²) in [6, 6.07) is 13.2. The molecule has 3 aromatic rings. The number of para-hydroxylation sites is 2. The Hall–Kier alpha value is -3.68. The number of hydrogen-bond acceptors (Lipinski definition) is 5. The van der Waals surface area contributed by atoms with Gasteiger partial charge in [-0.2, -0.15) is 9.78 Å². The molecular formula is C19H16FN3O4. The summed E-state index contributed by atoms with van der Waals surface area (Å²) < 4.78 is 19.1. The molecule has 7 nitrogen and oxygen atoms in total. The Morgan fingerprint density at radius 1 is 1.22 bits per heavy atom. The van der Waals surface area contributed by atoms with Gasteiger partial charge in [-0.3, -0.25) is 9.59 Å². The molecule has 0 saturated heterocycles. The Kier molecular flexibility index (Phi) is 5.16. The largest absolute Gasteiger partial charge is 0.505 e. The number of hydrogen-bond donors (Lipinski definition) is 2. The van der Waals surface area contributed by atoms with Gasteiger partial charge in [-0.1, -0.05) is 24.3 Å². The maximum absolute atomic E-state index is 12.9. The topological polar surface area (TPSA) is 93.5 Å². The number of methoxy groups -OCH3 is 1. The lowest BCUT2D eigenvalue weighted by Gasteiger charge is -2.12. The molecule has 27 heavy (non-hydrogen) atoms. The second kappa shape index (κ2) is 7.69. The summed E-state index contributed by atoms with van der Waals surface area (Å²) in [5.74, 6) is -1.22. The number of benzene rings is 2. The lowest BCUT2D eigenvalue weighted by atomic mass is 10.2. The molecular weight excluding hydrogens is 353 g/mol. The van der Waals surface area contributed by atoms with Gasteiger partial charge in [-0.25, -0.2) is 4.39 Å². The SMILES string of the molecule is COc1ccccc1-n1nc(C(=O)NCc2ccc(F)cc2)c(O)cc1=O. The number of carbonyl (C=O) groups is 1. The van der Waals surface area contributed by atoms with Gasteiger partial charge in [0.15, 0.2) is 11.4 Å². The molecule has 0 saturated carbocycles. The van der Waals surface area contributed by atoms with Crippen LogP contribution in [0.25, 0.3) is 5.69 Å². The second-order valence-electron chi connectivity index (χ2n) is 5.61. The van der Waals surface area contributed by atoms with E-state index in [1.807, 2.05) is 0 Å². The molecule has 0 aliphatic heterocycles. The second-order valence-corrected chi connectivity index (χ2v) is 5.61. The van der Waals surface area contributed by atoms with Crippen LogP contribution in [0.4, 0.5) is 4.39 Å². The average molecular weight is 369 g/mol. The van der Waals surface area contributed by atoms with E-state index in [2.05, 4.69) is 10.4 Å². The first kappa shape index (κ1) is 18.1. The molecule has 0 radical (unpaired) electrons. The first-order chi connectivity index (χ1) is 13.0. The minimum atomic E-state index is -0.680. The van der Waals surface area contributed by atoms with E-state index in [1.54, 1.807) is 24.3 Å². The van der Waals surface area contributed by atoms with Gasteiger partial charge in [0.1, 0.15) is 17.3 Å². The third-order valence-corrected chi connectivity index (χ3v) is 3.81. The van der Waals surface area contributed by atoms with Gasteiger partial charge in [0.05, 0.1) is 7.11 Å². The molecule has 0 unspecified atom stereocenters. The summed E-state index contributed by atoms with van der Waals surface area (Å²) in [7, 11) is 1.45. The van der Waals surface area contributed by atoms with E-state index < -0.39 is 17.2 Å². The highest BCUT2D eigenvalue weighted by Crippen LogP contribution is 2.21. The first-order valence-electron chi connectivity index (χ1n) is 7.99. The van der Waals surface area contributed by atoms with Crippen LogP contribution >= 0.6 is 0 Å². The summed E-state index contributed by atoms with van der Waals surface area (Å²) in [4.78, 5) is 24.6. The van der Waals surface area contributed by atoms with Crippen molar-refractivity contribution < 1.29 is 19.0 Å². The van der Waals surface area contributed by atoms with Gasteiger partial charge in [0.25, 0.3) is 11.5 Å². The molecule has 0 atom stereocenters. The van der Waals surface area contributed by atoms with Crippen LogP contribution in [0.2, 0.25) is 0 Å². The molecule has 0 aliphatic carbocycles. The Bertz CT molecular complexity index is 1030.